The van der Waals surface area contributed by atoms with Crippen LogP contribution in [0.4, 0.5) is 13.2 Å². The standard InChI is InChI=1S/C13H15BrF3NO/c1-19-11-4-5-18(8-11)7-9-6-10(13(15,16)17)2-3-12(9)14/h2-3,6,11H,4-5,7-8H2,1H3. The van der Waals surface area contributed by atoms with Crippen molar-refractivity contribution in [1.29, 1.82) is 0 Å². The molecular weight excluding hydrogens is 323 g/mol. The Morgan fingerprint density at radius 2 is 2.16 bits per heavy atom. The SMILES string of the molecule is COC1CCN(Cc2cc(C(F)(F)F)ccc2Br)C1. The van der Waals surface area contributed by atoms with E-state index in [2.05, 4.69) is 20.8 Å². The van der Waals surface area contributed by atoms with E-state index in [0.29, 0.717) is 16.6 Å². The third kappa shape index (κ3) is 3.70. The molecule has 2 nitrogen and oxygen atoms in total. The summed E-state index contributed by atoms with van der Waals surface area (Å²) in [6, 6.07) is 3.77. The molecule has 0 radical (unpaired) electrons. The minimum absolute atomic E-state index is 0.185. The Kier molecular flexibility index (Phi) is 4.53. The van der Waals surface area contributed by atoms with Gasteiger partial charge in [0.1, 0.15) is 0 Å². The maximum atomic E-state index is 12.7. The van der Waals surface area contributed by atoms with Crippen LogP contribution in [0.5, 0.6) is 0 Å². The summed E-state index contributed by atoms with van der Waals surface area (Å²) in [4.78, 5) is 2.11. The zero-order valence-corrected chi connectivity index (χ0v) is 12.1. The molecule has 106 valence electrons. The van der Waals surface area contributed by atoms with Crippen LogP contribution in [-0.2, 0) is 17.5 Å². The van der Waals surface area contributed by atoms with Gasteiger partial charge in [-0.3, -0.25) is 4.90 Å². The third-order valence-electron chi connectivity index (χ3n) is 3.33. The lowest BCUT2D eigenvalue weighted by molar-refractivity contribution is -0.137. The molecule has 0 bridgehead atoms. The van der Waals surface area contributed by atoms with Crippen LogP contribution in [0.25, 0.3) is 0 Å². The highest BCUT2D eigenvalue weighted by Gasteiger charge is 2.31. The van der Waals surface area contributed by atoms with E-state index in [0.717, 1.165) is 25.6 Å². The first-order chi connectivity index (χ1) is 8.90. The number of hydrogen-bond donors (Lipinski definition) is 0. The number of methoxy groups -OCH3 is 1. The minimum Gasteiger partial charge on any atom is -0.380 e. The first-order valence-corrected chi connectivity index (χ1v) is 6.80. The van der Waals surface area contributed by atoms with Crippen molar-refractivity contribution in [3.63, 3.8) is 0 Å². The normalized spacial score (nSPS) is 21.0. The van der Waals surface area contributed by atoms with Gasteiger partial charge in [-0.1, -0.05) is 15.9 Å². The van der Waals surface area contributed by atoms with Crippen molar-refractivity contribution in [3.05, 3.63) is 33.8 Å². The Bertz CT molecular complexity index is 450. The van der Waals surface area contributed by atoms with E-state index >= 15 is 0 Å². The van der Waals surface area contributed by atoms with E-state index in [1.54, 1.807) is 7.11 Å². The Balaban J connectivity index is 2.12. The van der Waals surface area contributed by atoms with Crippen LogP contribution in [0.2, 0.25) is 0 Å². The second kappa shape index (κ2) is 5.81. The summed E-state index contributed by atoms with van der Waals surface area (Å²) in [5, 5.41) is 0. The molecule has 0 amide bonds. The molecule has 0 spiro atoms. The molecule has 0 aromatic heterocycles. The average molecular weight is 338 g/mol. The van der Waals surface area contributed by atoms with Crippen molar-refractivity contribution >= 4 is 15.9 Å². The van der Waals surface area contributed by atoms with Gasteiger partial charge in [-0.15, -0.1) is 0 Å². The minimum atomic E-state index is -4.30. The average Bonchev–Trinajstić information content (AvgIpc) is 2.78. The fourth-order valence-electron chi connectivity index (χ4n) is 2.25. The zero-order chi connectivity index (χ0) is 14.0. The number of alkyl halides is 3. The number of rotatable bonds is 3. The van der Waals surface area contributed by atoms with Crippen molar-refractivity contribution in [1.82, 2.24) is 4.90 Å². The van der Waals surface area contributed by atoms with Crippen molar-refractivity contribution in [2.45, 2.75) is 25.2 Å². The van der Waals surface area contributed by atoms with Gasteiger partial charge in [0, 0.05) is 31.2 Å². The molecule has 1 aliphatic rings. The van der Waals surface area contributed by atoms with Gasteiger partial charge in [0.05, 0.1) is 11.7 Å². The van der Waals surface area contributed by atoms with E-state index in [1.807, 2.05) is 0 Å². The first kappa shape index (κ1) is 14.8. The maximum absolute atomic E-state index is 12.7. The zero-order valence-electron chi connectivity index (χ0n) is 10.5. The summed E-state index contributed by atoms with van der Waals surface area (Å²) in [7, 11) is 1.66. The molecule has 1 heterocycles. The summed E-state index contributed by atoms with van der Waals surface area (Å²) >= 11 is 3.31. The molecule has 2 rings (SSSR count). The summed E-state index contributed by atoms with van der Waals surface area (Å²) in [6.07, 6.45) is -3.19. The molecule has 1 aliphatic heterocycles. The summed E-state index contributed by atoms with van der Waals surface area (Å²) in [5.41, 5.74) is 0.0553. The van der Waals surface area contributed by atoms with E-state index in [-0.39, 0.29) is 6.10 Å². The van der Waals surface area contributed by atoms with Gasteiger partial charge in [-0.2, -0.15) is 13.2 Å². The summed E-state index contributed by atoms with van der Waals surface area (Å²) in [5.74, 6) is 0. The van der Waals surface area contributed by atoms with Crippen LogP contribution in [-0.4, -0.2) is 31.2 Å². The number of nitrogens with zero attached hydrogens (tertiary/aromatic N) is 1. The number of likely N-dealkylation sites (tertiary alicyclic amines) is 1. The number of halogens is 4. The second-order valence-corrected chi connectivity index (χ2v) is 5.54. The van der Waals surface area contributed by atoms with Gasteiger partial charge in [0.2, 0.25) is 0 Å². The molecule has 6 heteroatoms. The van der Waals surface area contributed by atoms with Gasteiger partial charge < -0.3 is 4.74 Å². The molecule has 0 aliphatic carbocycles. The molecule has 0 saturated carbocycles. The molecule has 1 unspecified atom stereocenters. The molecule has 1 fully saturated rings. The van der Waals surface area contributed by atoms with Crippen molar-refractivity contribution in [2.75, 3.05) is 20.2 Å². The Morgan fingerprint density at radius 3 is 2.74 bits per heavy atom. The Morgan fingerprint density at radius 1 is 1.42 bits per heavy atom. The van der Waals surface area contributed by atoms with E-state index < -0.39 is 11.7 Å². The molecule has 1 aromatic rings. The lowest BCUT2D eigenvalue weighted by Gasteiger charge is -2.18. The highest BCUT2D eigenvalue weighted by Crippen LogP contribution is 2.32. The summed E-state index contributed by atoms with van der Waals surface area (Å²) < 4.78 is 44.0. The van der Waals surface area contributed by atoms with Crippen LogP contribution >= 0.6 is 15.9 Å². The number of ether oxygens (including phenoxy) is 1. The molecular formula is C13H15BrF3NO. The van der Waals surface area contributed by atoms with Crippen LogP contribution in [0.1, 0.15) is 17.5 Å². The van der Waals surface area contributed by atoms with E-state index in [4.69, 9.17) is 4.74 Å². The molecule has 0 N–H and O–H groups in total. The Hall–Kier alpha value is -0.590. The predicted octanol–water partition coefficient (Wildman–Crippen LogP) is 3.69. The van der Waals surface area contributed by atoms with Crippen LogP contribution < -0.4 is 0 Å². The number of benzene rings is 1. The third-order valence-corrected chi connectivity index (χ3v) is 4.10. The Labute approximate surface area is 118 Å². The molecule has 1 saturated heterocycles. The molecule has 1 aromatic carbocycles. The largest absolute Gasteiger partial charge is 0.416 e. The van der Waals surface area contributed by atoms with Crippen molar-refractivity contribution in [3.8, 4) is 0 Å². The van der Waals surface area contributed by atoms with Crippen LogP contribution in [0.15, 0.2) is 22.7 Å². The second-order valence-electron chi connectivity index (χ2n) is 4.69. The molecule has 1 atom stereocenters. The highest BCUT2D eigenvalue weighted by molar-refractivity contribution is 9.10. The van der Waals surface area contributed by atoms with Crippen LogP contribution in [0.3, 0.4) is 0 Å². The van der Waals surface area contributed by atoms with Gasteiger partial charge in [-0.25, -0.2) is 0 Å². The fraction of sp³-hybridized carbons (Fsp3) is 0.538. The first-order valence-electron chi connectivity index (χ1n) is 6.01. The monoisotopic (exact) mass is 337 g/mol. The van der Waals surface area contributed by atoms with Gasteiger partial charge in [-0.05, 0) is 30.2 Å². The predicted molar refractivity (Wildman–Crippen MR) is 69.8 cm³/mol. The van der Waals surface area contributed by atoms with Gasteiger partial charge >= 0.3 is 6.18 Å². The quantitative estimate of drug-likeness (QED) is 0.834. The summed E-state index contributed by atoms with van der Waals surface area (Å²) in [6.45, 7) is 2.12. The maximum Gasteiger partial charge on any atom is 0.416 e. The van der Waals surface area contributed by atoms with E-state index in [1.165, 1.54) is 12.1 Å². The smallest absolute Gasteiger partial charge is 0.380 e. The fourth-order valence-corrected chi connectivity index (χ4v) is 2.62. The highest BCUT2D eigenvalue weighted by atomic mass is 79.9. The van der Waals surface area contributed by atoms with Crippen molar-refractivity contribution in [2.24, 2.45) is 0 Å². The van der Waals surface area contributed by atoms with Crippen LogP contribution in [0, 0.1) is 0 Å². The number of hydrogen-bond acceptors (Lipinski definition) is 2. The van der Waals surface area contributed by atoms with E-state index in [9.17, 15) is 13.2 Å². The van der Waals surface area contributed by atoms with Gasteiger partial charge in [0.25, 0.3) is 0 Å². The van der Waals surface area contributed by atoms with Gasteiger partial charge in [0.15, 0.2) is 0 Å². The topological polar surface area (TPSA) is 12.5 Å². The lowest BCUT2D eigenvalue weighted by Crippen LogP contribution is -2.22. The molecule has 19 heavy (non-hydrogen) atoms. The lowest BCUT2D eigenvalue weighted by atomic mass is 10.1. The van der Waals surface area contributed by atoms with Crippen molar-refractivity contribution < 1.29 is 17.9 Å².